The van der Waals surface area contributed by atoms with Crippen LogP contribution in [0.4, 0.5) is 0 Å². The highest BCUT2D eigenvalue weighted by atomic mass is 16.6. The fourth-order valence-electron chi connectivity index (χ4n) is 4.62. The van der Waals surface area contributed by atoms with E-state index in [4.69, 9.17) is 66.7 Å². The maximum Gasteiger partial charge on any atom is 0.329 e. The minimum absolute atomic E-state index is 0.299. The van der Waals surface area contributed by atoms with Gasteiger partial charge in [-0.05, 0) is 6.42 Å². The average Bonchev–Trinajstić information content (AvgIpc) is 3.21. The van der Waals surface area contributed by atoms with Gasteiger partial charge >= 0.3 is 5.97 Å². The van der Waals surface area contributed by atoms with Gasteiger partial charge in [0.25, 0.3) is 0 Å². The molecule has 0 saturated carbocycles. The van der Waals surface area contributed by atoms with Crippen molar-refractivity contribution in [3.8, 4) is 0 Å². The van der Waals surface area contributed by atoms with Crippen molar-refractivity contribution in [2.75, 3.05) is 192 Å². The van der Waals surface area contributed by atoms with Crippen molar-refractivity contribution in [1.82, 2.24) is 5.32 Å². The molecule has 0 rings (SSSR count). The normalized spacial score (nSPS) is 11.5. The molecule has 346 valence electrons. The van der Waals surface area contributed by atoms with Crippen molar-refractivity contribution in [3.63, 3.8) is 0 Å². The Morgan fingerprint density at radius 3 is 0.879 bits per heavy atom. The van der Waals surface area contributed by atoms with Crippen molar-refractivity contribution >= 4 is 11.9 Å². The number of hydrogen-bond donors (Lipinski definition) is 2. The van der Waals surface area contributed by atoms with E-state index in [0.29, 0.717) is 172 Å². The minimum atomic E-state index is -1.12. The van der Waals surface area contributed by atoms with Crippen LogP contribution in [0, 0.1) is 0 Å². The Bertz CT molecular complexity index is 817. The van der Waals surface area contributed by atoms with E-state index in [1.807, 2.05) is 0 Å². The third-order valence-electron chi connectivity index (χ3n) is 7.63. The summed E-state index contributed by atoms with van der Waals surface area (Å²) in [4.78, 5) is 21.7. The van der Waals surface area contributed by atoms with E-state index in [2.05, 4.69) is 17.0 Å². The number of ether oxygens (including phenoxy) is 14. The van der Waals surface area contributed by atoms with E-state index in [9.17, 15) is 9.59 Å². The summed E-state index contributed by atoms with van der Waals surface area (Å²) in [5.74, 6) is -1.52. The van der Waals surface area contributed by atoms with Gasteiger partial charge in [-0.25, -0.2) is 4.79 Å². The molecule has 0 unspecified atom stereocenters. The first kappa shape index (κ1) is 56.4. The SMILES string of the molecule is CCCCCCCCCCOCCOCCOCCOCCOCCOCCOCCOCCOCCOCCOCCOCCOCCNC(=O)COCC(=O)O. The standard InChI is InChI=1S/C40H79NO17/c1-2-3-4-5-6-7-8-9-11-45-13-15-47-17-19-49-21-23-51-25-27-53-29-31-55-33-35-57-36-34-56-32-30-54-28-26-52-24-22-50-20-18-48-16-14-46-12-10-41-39(42)37-58-38-40(43)44/h2-38H2,1H3,(H,41,42)(H,43,44). The van der Waals surface area contributed by atoms with E-state index in [1.165, 1.54) is 44.9 Å². The minimum Gasteiger partial charge on any atom is -0.480 e. The molecule has 2 N–H and O–H groups in total. The number of carbonyl (C=O) groups is 2. The highest BCUT2D eigenvalue weighted by Gasteiger charge is 2.03. The van der Waals surface area contributed by atoms with Gasteiger partial charge in [0, 0.05) is 13.2 Å². The molecule has 0 fully saturated rings. The first-order valence-electron chi connectivity index (χ1n) is 21.2. The molecule has 1 amide bonds. The number of nitrogens with one attached hydrogen (secondary N) is 1. The van der Waals surface area contributed by atoms with Crippen LogP contribution in [0.2, 0.25) is 0 Å². The average molecular weight is 846 g/mol. The molecule has 0 aromatic rings. The molecule has 0 aliphatic rings. The number of amides is 1. The predicted molar refractivity (Wildman–Crippen MR) is 215 cm³/mol. The Morgan fingerprint density at radius 2 is 0.586 bits per heavy atom. The van der Waals surface area contributed by atoms with Crippen LogP contribution in [-0.4, -0.2) is 209 Å². The molecule has 0 bridgehead atoms. The van der Waals surface area contributed by atoms with Gasteiger partial charge in [0.05, 0.1) is 165 Å². The van der Waals surface area contributed by atoms with Gasteiger partial charge in [0.1, 0.15) is 13.2 Å². The van der Waals surface area contributed by atoms with Crippen LogP contribution >= 0.6 is 0 Å². The summed E-state index contributed by atoms with van der Waals surface area (Å²) in [7, 11) is 0. The quantitative estimate of drug-likeness (QED) is 0.0848. The molecule has 58 heavy (non-hydrogen) atoms. The van der Waals surface area contributed by atoms with E-state index in [-0.39, 0.29) is 6.61 Å². The second kappa shape index (κ2) is 51.5. The number of carboxylic acids is 1. The smallest absolute Gasteiger partial charge is 0.329 e. The Kier molecular flexibility index (Phi) is 50.1. The molecule has 0 aromatic carbocycles. The third-order valence-corrected chi connectivity index (χ3v) is 7.63. The molecule has 18 heteroatoms. The highest BCUT2D eigenvalue weighted by molar-refractivity contribution is 5.77. The zero-order chi connectivity index (χ0) is 41.9. The molecule has 0 heterocycles. The first-order chi connectivity index (χ1) is 28.7. The molecule has 0 aromatic heterocycles. The number of rotatable bonds is 52. The largest absolute Gasteiger partial charge is 0.480 e. The highest BCUT2D eigenvalue weighted by Crippen LogP contribution is 2.08. The Balaban J connectivity index is 3.09. The van der Waals surface area contributed by atoms with Crippen molar-refractivity contribution in [2.45, 2.75) is 58.3 Å². The van der Waals surface area contributed by atoms with E-state index in [0.717, 1.165) is 13.0 Å². The number of carboxylic acid groups (broad SMARTS) is 1. The maximum absolute atomic E-state index is 11.4. The van der Waals surface area contributed by atoms with Crippen LogP contribution in [0.15, 0.2) is 0 Å². The number of hydrogen-bond acceptors (Lipinski definition) is 16. The molecule has 0 radical (unpaired) electrons. The summed E-state index contributed by atoms with van der Waals surface area (Å²) in [5, 5.41) is 11.0. The molecule has 0 atom stereocenters. The topological polar surface area (TPSA) is 196 Å². The molecule has 0 saturated heterocycles. The van der Waals surface area contributed by atoms with Crippen LogP contribution in [0.3, 0.4) is 0 Å². The summed E-state index contributed by atoms with van der Waals surface area (Å²) >= 11 is 0. The summed E-state index contributed by atoms with van der Waals surface area (Å²) in [6, 6.07) is 0. The van der Waals surface area contributed by atoms with Crippen LogP contribution in [-0.2, 0) is 75.9 Å². The van der Waals surface area contributed by atoms with Gasteiger partial charge in [-0.1, -0.05) is 51.9 Å². The Morgan fingerprint density at radius 1 is 0.328 bits per heavy atom. The fourth-order valence-corrected chi connectivity index (χ4v) is 4.62. The first-order valence-corrected chi connectivity index (χ1v) is 21.2. The summed E-state index contributed by atoms with van der Waals surface area (Å²) < 4.78 is 76.0. The molecular formula is C40H79NO17. The van der Waals surface area contributed by atoms with E-state index >= 15 is 0 Å². The lowest BCUT2D eigenvalue weighted by Gasteiger charge is -2.09. The van der Waals surface area contributed by atoms with Gasteiger partial charge in [-0.15, -0.1) is 0 Å². The molecule has 0 aliphatic carbocycles. The van der Waals surface area contributed by atoms with Gasteiger partial charge < -0.3 is 76.7 Å². The monoisotopic (exact) mass is 846 g/mol. The predicted octanol–water partition coefficient (Wildman–Crippen LogP) is 2.56. The molecule has 0 aliphatic heterocycles. The van der Waals surface area contributed by atoms with E-state index in [1.54, 1.807) is 0 Å². The van der Waals surface area contributed by atoms with Gasteiger partial charge in [0.15, 0.2) is 0 Å². The van der Waals surface area contributed by atoms with Gasteiger partial charge in [0.2, 0.25) is 5.91 Å². The number of carbonyl (C=O) groups excluding carboxylic acids is 1. The van der Waals surface area contributed by atoms with Crippen LogP contribution < -0.4 is 5.32 Å². The van der Waals surface area contributed by atoms with Crippen molar-refractivity contribution in [3.05, 3.63) is 0 Å². The summed E-state index contributed by atoms with van der Waals surface area (Å²) in [6.45, 7) is 14.7. The van der Waals surface area contributed by atoms with Crippen LogP contribution in [0.1, 0.15) is 58.3 Å². The zero-order valence-electron chi connectivity index (χ0n) is 35.6. The Labute approximate surface area is 347 Å². The molecule has 18 nitrogen and oxygen atoms in total. The molecular weight excluding hydrogens is 766 g/mol. The summed E-state index contributed by atoms with van der Waals surface area (Å²) in [5.41, 5.74) is 0. The van der Waals surface area contributed by atoms with Gasteiger partial charge in [-0.2, -0.15) is 0 Å². The third kappa shape index (κ3) is 52.4. The second-order valence-electron chi connectivity index (χ2n) is 12.7. The fraction of sp³-hybridized carbons (Fsp3) is 0.950. The summed E-state index contributed by atoms with van der Waals surface area (Å²) in [6.07, 6.45) is 10.5. The van der Waals surface area contributed by atoms with Crippen molar-refractivity contribution < 1.29 is 81.0 Å². The maximum atomic E-state index is 11.4. The van der Waals surface area contributed by atoms with E-state index < -0.39 is 18.5 Å². The zero-order valence-corrected chi connectivity index (χ0v) is 35.6. The van der Waals surface area contributed by atoms with Crippen LogP contribution in [0.25, 0.3) is 0 Å². The second-order valence-corrected chi connectivity index (χ2v) is 12.7. The van der Waals surface area contributed by atoms with Gasteiger partial charge in [-0.3, -0.25) is 4.79 Å². The lowest BCUT2D eigenvalue weighted by molar-refractivity contribution is -0.143. The lowest BCUT2D eigenvalue weighted by Crippen LogP contribution is -2.31. The number of aliphatic carboxylic acids is 1. The Hall–Kier alpha value is -1.62. The molecule has 0 spiro atoms. The lowest BCUT2D eigenvalue weighted by atomic mass is 10.1. The van der Waals surface area contributed by atoms with Crippen molar-refractivity contribution in [1.29, 1.82) is 0 Å². The van der Waals surface area contributed by atoms with Crippen LogP contribution in [0.5, 0.6) is 0 Å². The van der Waals surface area contributed by atoms with Crippen molar-refractivity contribution in [2.24, 2.45) is 0 Å². The number of unbranched alkanes of at least 4 members (excludes halogenated alkanes) is 7.